The van der Waals surface area contributed by atoms with Crippen LogP contribution in [0.5, 0.6) is 0 Å². The topological polar surface area (TPSA) is 18.5 Å². The van der Waals surface area contributed by atoms with E-state index >= 15 is 0 Å². The first-order valence-electron chi connectivity index (χ1n) is 12.3. The summed E-state index contributed by atoms with van der Waals surface area (Å²) in [6, 6.07) is 37.0. The van der Waals surface area contributed by atoms with E-state index in [1.165, 1.54) is 38.2 Å². The molecule has 1 aliphatic heterocycles. The predicted molar refractivity (Wildman–Crippen MR) is 148 cm³/mol. The quantitative estimate of drug-likeness (QED) is 0.260. The lowest BCUT2D eigenvalue weighted by Crippen LogP contribution is -2.41. The van der Waals surface area contributed by atoms with Crippen LogP contribution in [0.25, 0.3) is 43.8 Å². The van der Waals surface area contributed by atoms with Gasteiger partial charge >= 0.3 is 7.12 Å². The number of hydrogen-bond donors (Lipinski definition) is 0. The molecule has 5 aromatic carbocycles. The van der Waals surface area contributed by atoms with E-state index in [4.69, 9.17) is 9.31 Å². The molecule has 1 saturated heterocycles. The van der Waals surface area contributed by atoms with E-state index in [2.05, 4.69) is 131 Å². The van der Waals surface area contributed by atoms with Gasteiger partial charge in [-0.1, -0.05) is 97.1 Å². The van der Waals surface area contributed by atoms with Gasteiger partial charge in [0, 0.05) is 0 Å². The zero-order valence-electron chi connectivity index (χ0n) is 20.7. The van der Waals surface area contributed by atoms with E-state index < -0.39 is 0 Å². The average molecular weight is 456 g/mol. The highest BCUT2D eigenvalue weighted by Gasteiger charge is 2.51. The molecular weight excluding hydrogens is 427 g/mol. The molecule has 0 amide bonds. The van der Waals surface area contributed by atoms with Gasteiger partial charge < -0.3 is 9.31 Å². The highest BCUT2D eigenvalue weighted by molar-refractivity contribution is 6.62. The highest BCUT2D eigenvalue weighted by atomic mass is 16.7. The molecule has 6 rings (SSSR count). The largest absolute Gasteiger partial charge is 0.494 e. The van der Waals surface area contributed by atoms with Crippen molar-refractivity contribution in [1.82, 2.24) is 0 Å². The van der Waals surface area contributed by atoms with Crippen LogP contribution in [0.4, 0.5) is 0 Å². The van der Waals surface area contributed by atoms with Crippen molar-refractivity contribution in [3.05, 3.63) is 103 Å². The van der Waals surface area contributed by atoms with E-state index in [9.17, 15) is 0 Å². The van der Waals surface area contributed by atoms with Crippen molar-refractivity contribution in [3.8, 4) is 22.3 Å². The SMILES string of the molecule is CC1(C)OB(c2cccc(-c3cccc4ccc(-c5cccc6ccccc56)cc34)c2)OC1(C)C. The summed E-state index contributed by atoms with van der Waals surface area (Å²) >= 11 is 0. The number of hydrogen-bond acceptors (Lipinski definition) is 2. The van der Waals surface area contributed by atoms with Crippen molar-refractivity contribution < 1.29 is 9.31 Å². The fraction of sp³-hybridized carbons (Fsp3) is 0.188. The van der Waals surface area contributed by atoms with Gasteiger partial charge in [-0.2, -0.15) is 0 Å². The first kappa shape index (κ1) is 22.1. The van der Waals surface area contributed by atoms with E-state index in [1.807, 2.05) is 0 Å². The maximum atomic E-state index is 6.32. The van der Waals surface area contributed by atoms with Gasteiger partial charge in [-0.25, -0.2) is 0 Å². The molecule has 5 aromatic rings. The molecule has 0 atom stereocenters. The number of rotatable bonds is 3. The first-order valence-corrected chi connectivity index (χ1v) is 12.3. The Morgan fingerprint density at radius 1 is 0.514 bits per heavy atom. The summed E-state index contributed by atoms with van der Waals surface area (Å²) in [6.07, 6.45) is 0. The molecule has 0 aliphatic carbocycles. The summed E-state index contributed by atoms with van der Waals surface area (Å²) < 4.78 is 12.6. The zero-order valence-corrected chi connectivity index (χ0v) is 20.7. The fourth-order valence-electron chi connectivity index (χ4n) is 5.00. The molecular formula is C32H29BO2. The average Bonchev–Trinajstić information content (AvgIpc) is 3.09. The Hall–Kier alpha value is -3.40. The fourth-order valence-corrected chi connectivity index (χ4v) is 5.00. The lowest BCUT2D eigenvalue weighted by atomic mass is 9.77. The van der Waals surface area contributed by atoms with Crippen molar-refractivity contribution in [1.29, 1.82) is 0 Å². The molecule has 0 spiro atoms. The van der Waals surface area contributed by atoms with Crippen LogP contribution in [0.1, 0.15) is 27.7 Å². The zero-order chi connectivity index (χ0) is 24.2. The molecule has 0 N–H and O–H groups in total. The maximum absolute atomic E-state index is 6.32. The van der Waals surface area contributed by atoms with Crippen LogP contribution in [0.2, 0.25) is 0 Å². The summed E-state index contributed by atoms with van der Waals surface area (Å²) in [5.41, 5.74) is 5.18. The van der Waals surface area contributed by atoms with E-state index in [0.717, 1.165) is 11.0 Å². The van der Waals surface area contributed by atoms with Crippen LogP contribution in [-0.2, 0) is 9.31 Å². The molecule has 3 heteroatoms. The minimum Gasteiger partial charge on any atom is -0.399 e. The normalized spacial score (nSPS) is 16.7. The van der Waals surface area contributed by atoms with Crippen molar-refractivity contribution in [2.24, 2.45) is 0 Å². The Morgan fingerprint density at radius 2 is 1.09 bits per heavy atom. The smallest absolute Gasteiger partial charge is 0.399 e. The van der Waals surface area contributed by atoms with Crippen LogP contribution in [-0.4, -0.2) is 18.3 Å². The third-order valence-corrected chi connectivity index (χ3v) is 7.71. The molecule has 1 fully saturated rings. The molecule has 35 heavy (non-hydrogen) atoms. The van der Waals surface area contributed by atoms with E-state index in [-0.39, 0.29) is 18.3 Å². The summed E-state index contributed by atoms with van der Waals surface area (Å²) in [7, 11) is -0.374. The lowest BCUT2D eigenvalue weighted by Gasteiger charge is -2.32. The second-order valence-electron chi connectivity index (χ2n) is 10.5. The molecule has 0 radical (unpaired) electrons. The molecule has 1 heterocycles. The van der Waals surface area contributed by atoms with Crippen molar-refractivity contribution >= 4 is 34.1 Å². The van der Waals surface area contributed by atoms with Crippen LogP contribution in [0.3, 0.4) is 0 Å². The predicted octanol–water partition coefficient (Wildman–Crippen LogP) is 7.63. The van der Waals surface area contributed by atoms with E-state index in [0.29, 0.717) is 0 Å². The van der Waals surface area contributed by atoms with Gasteiger partial charge in [-0.05, 0) is 83.0 Å². The Bertz CT molecular complexity index is 1550. The van der Waals surface area contributed by atoms with E-state index in [1.54, 1.807) is 0 Å². The molecule has 0 unspecified atom stereocenters. The van der Waals surface area contributed by atoms with Gasteiger partial charge in [0.05, 0.1) is 11.2 Å². The summed E-state index contributed by atoms with van der Waals surface area (Å²) in [6.45, 7) is 8.37. The van der Waals surface area contributed by atoms with Gasteiger partial charge in [0.25, 0.3) is 0 Å². The van der Waals surface area contributed by atoms with Gasteiger partial charge in [0.2, 0.25) is 0 Å². The van der Waals surface area contributed by atoms with Crippen molar-refractivity contribution in [2.45, 2.75) is 38.9 Å². The maximum Gasteiger partial charge on any atom is 0.494 e. The van der Waals surface area contributed by atoms with Gasteiger partial charge in [0.1, 0.15) is 0 Å². The second-order valence-corrected chi connectivity index (χ2v) is 10.5. The summed E-state index contributed by atoms with van der Waals surface area (Å²) in [5.74, 6) is 0. The molecule has 0 aromatic heterocycles. The van der Waals surface area contributed by atoms with Crippen LogP contribution in [0.15, 0.2) is 103 Å². The minimum absolute atomic E-state index is 0.361. The first-order chi connectivity index (χ1) is 16.8. The summed E-state index contributed by atoms with van der Waals surface area (Å²) in [4.78, 5) is 0. The molecule has 1 aliphatic rings. The second kappa shape index (κ2) is 8.08. The van der Waals surface area contributed by atoms with Gasteiger partial charge in [-0.3, -0.25) is 0 Å². The highest BCUT2D eigenvalue weighted by Crippen LogP contribution is 2.38. The Balaban J connectivity index is 1.46. The Kier molecular flexibility index (Phi) is 5.10. The molecule has 0 bridgehead atoms. The number of benzene rings is 5. The molecule has 2 nitrogen and oxygen atoms in total. The van der Waals surface area contributed by atoms with Crippen LogP contribution < -0.4 is 5.46 Å². The third-order valence-electron chi connectivity index (χ3n) is 7.71. The lowest BCUT2D eigenvalue weighted by molar-refractivity contribution is 0.00578. The third kappa shape index (κ3) is 3.76. The summed E-state index contributed by atoms with van der Waals surface area (Å²) in [5, 5.41) is 5.00. The Labute approximate surface area is 207 Å². The van der Waals surface area contributed by atoms with Crippen LogP contribution >= 0.6 is 0 Å². The number of fused-ring (bicyclic) bond motifs is 2. The monoisotopic (exact) mass is 456 g/mol. The Morgan fingerprint density at radius 3 is 1.83 bits per heavy atom. The van der Waals surface area contributed by atoms with Crippen LogP contribution in [0, 0.1) is 0 Å². The standard InChI is InChI=1S/C32H29BO2/c1-31(2)32(3,4)35-33(34-31)26-14-7-13-24(20-26)29-17-9-12-23-18-19-25(21-30(23)29)28-16-8-11-22-10-5-6-15-27(22)28/h5-21H,1-4H3. The van der Waals surface area contributed by atoms with Crippen molar-refractivity contribution in [3.63, 3.8) is 0 Å². The van der Waals surface area contributed by atoms with Crippen molar-refractivity contribution in [2.75, 3.05) is 0 Å². The van der Waals surface area contributed by atoms with Gasteiger partial charge in [-0.15, -0.1) is 0 Å². The van der Waals surface area contributed by atoms with Gasteiger partial charge in [0.15, 0.2) is 0 Å². The molecule has 172 valence electrons. The molecule has 0 saturated carbocycles. The minimum atomic E-state index is -0.374.